The van der Waals surface area contributed by atoms with Gasteiger partial charge in [0.2, 0.25) is 0 Å². The van der Waals surface area contributed by atoms with Crippen LogP contribution in [-0.4, -0.2) is 51.7 Å². The van der Waals surface area contributed by atoms with Crippen molar-refractivity contribution in [3.63, 3.8) is 0 Å². The molecule has 2 heterocycles. The van der Waals surface area contributed by atoms with E-state index in [1.54, 1.807) is 0 Å². The monoisotopic (exact) mass is 244 g/mol. The number of aromatic amines is 1. The zero-order valence-corrected chi connectivity index (χ0v) is 10.2. The van der Waals surface area contributed by atoms with Gasteiger partial charge in [0.1, 0.15) is 0 Å². The van der Waals surface area contributed by atoms with Gasteiger partial charge in [0.25, 0.3) is 0 Å². The molecule has 0 bridgehead atoms. The van der Waals surface area contributed by atoms with Gasteiger partial charge in [-0.25, -0.2) is 0 Å². The second kappa shape index (κ2) is 5.14. The molecule has 1 aromatic heterocycles. The lowest BCUT2D eigenvalue weighted by Gasteiger charge is -2.35. The van der Waals surface area contributed by atoms with Crippen LogP contribution in [0.2, 0.25) is 0 Å². The number of benzene rings is 1. The highest BCUT2D eigenvalue weighted by molar-refractivity contribution is 5.46. The van der Waals surface area contributed by atoms with E-state index in [0.717, 1.165) is 38.5 Å². The maximum absolute atomic E-state index is 3.99. The Kier molecular flexibility index (Phi) is 3.18. The van der Waals surface area contributed by atoms with Crippen LogP contribution in [0.4, 0.5) is 5.69 Å². The first-order valence-electron chi connectivity index (χ1n) is 6.16. The minimum Gasteiger partial charge on any atom is -0.369 e. The van der Waals surface area contributed by atoms with E-state index in [4.69, 9.17) is 0 Å². The highest BCUT2D eigenvalue weighted by atomic mass is 15.5. The minimum atomic E-state index is 0.767. The van der Waals surface area contributed by atoms with Gasteiger partial charge in [0.15, 0.2) is 5.82 Å². The molecule has 3 rings (SSSR count). The fourth-order valence-electron chi connectivity index (χ4n) is 2.25. The Morgan fingerprint density at radius 2 is 1.83 bits per heavy atom. The van der Waals surface area contributed by atoms with Crippen LogP contribution >= 0.6 is 0 Å². The number of anilines is 1. The third kappa shape index (κ3) is 2.48. The summed E-state index contributed by atoms with van der Waals surface area (Å²) in [6.45, 7) is 4.93. The molecule has 1 N–H and O–H groups in total. The second-order valence-electron chi connectivity index (χ2n) is 4.43. The highest BCUT2D eigenvalue weighted by Crippen LogP contribution is 2.15. The van der Waals surface area contributed by atoms with Crippen molar-refractivity contribution in [3.05, 3.63) is 36.2 Å². The summed E-state index contributed by atoms with van der Waals surface area (Å²) in [7, 11) is 0. The Morgan fingerprint density at radius 1 is 1.06 bits per heavy atom. The molecule has 0 atom stereocenters. The first-order valence-corrected chi connectivity index (χ1v) is 6.16. The normalized spacial score (nSPS) is 17.0. The van der Waals surface area contributed by atoms with Gasteiger partial charge in [0, 0.05) is 31.9 Å². The van der Waals surface area contributed by atoms with Crippen molar-refractivity contribution in [3.8, 4) is 0 Å². The van der Waals surface area contributed by atoms with E-state index < -0.39 is 0 Å². The van der Waals surface area contributed by atoms with Crippen molar-refractivity contribution in [2.24, 2.45) is 0 Å². The summed E-state index contributed by atoms with van der Waals surface area (Å²) in [5, 5.41) is 14.0. The van der Waals surface area contributed by atoms with E-state index in [1.165, 1.54) is 5.69 Å². The number of hydrogen-bond donors (Lipinski definition) is 1. The molecule has 0 radical (unpaired) electrons. The smallest absolute Gasteiger partial charge is 0.188 e. The van der Waals surface area contributed by atoms with Crippen LogP contribution in [-0.2, 0) is 6.54 Å². The molecule has 2 aromatic rings. The standard InChI is InChI=1S/C12H16N6/c1-2-4-11(5-3-1)18-8-6-17(7-9-18)10-12-13-15-16-14-12/h1-5H,6-10H2,(H,13,14,15,16). The van der Waals surface area contributed by atoms with Crippen LogP contribution in [0.1, 0.15) is 5.82 Å². The first-order chi connectivity index (χ1) is 8.92. The average molecular weight is 244 g/mol. The van der Waals surface area contributed by atoms with Gasteiger partial charge in [0.05, 0.1) is 6.54 Å². The van der Waals surface area contributed by atoms with Gasteiger partial charge in [-0.15, -0.1) is 10.2 Å². The molecule has 1 aliphatic rings. The topological polar surface area (TPSA) is 60.9 Å². The molecule has 94 valence electrons. The lowest BCUT2D eigenvalue weighted by atomic mass is 10.2. The molecule has 0 unspecified atom stereocenters. The van der Waals surface area contributed by atoms with Crippen LogP contribution < -0.4 is 4.90 Å². The van der Waals surface area contributed by atoms with E-state index in [0.29, 0.717) is 0 Å². The lowest BCUT2D eigenvalue weighted by Crippen LogP contribution is -2.46. The van der Waals surface area contributed by atoms with Gasteiger partial charge in [-0.1, -0.05) is 23.4 Å². The molecule has 0 aliphatic carbocycles. The summed E-state index contributed by atoms with van der Waals surface area (Å²) in [5.41, 5.74) is 1.30. The highest BCUT2D eigenvalue weighted by Gasteiger charge is 2.18. The van der Waals surface area contributed by atoms with E-state index >= 15 is 0 Å². The third-order valence-corrected chi connectivity index (χ3v) is 3.25. The van der Waals surface area contributed by atoms with Crippen molar-refractivity contribution in [1.82, 2.24) is 25.5 Å². The van der Waals surface area contributed by atoms with Gasteiger partial charge >= 0.3 is 0 Å². The summed E-state index contributed by atoms with van der Waals surface area (Å²) in [6.07, 6.45) is 0. The lowest BCUT2D eigenvalue weighted by molar-refractivity contribution is 0.244. The number of aromatic nitrogens is 4. The van der Waals surface area contributed by atoms with Crippen molar-refractivity contribution in [2.45, 2.75) is 6.54 Å². The van der Waals surface area contributed by atoms with Crippen LogP contribution in [0.3, 0.4) is 0 Å². The zero-order valence-electron chi connectivity index (χ0n) is 10.2. The quantitative estimate of drug-likeness (QED) is 0.853. The van der Waals surface area contributed by atoms with Crippen LogP contribution in [0, 0.1) is 0 Å². The number of tetrazole rings is 1. The number of piperazine rings is 1. The molecule has 0 saturated carbocycles. The number of para-hydroxylation sites is 1. The average Bonchev–Trinajstić information content (AvgIpc) is 2.94. The first kappa shape index (κ1) is 11.2. The van der Waals surface area contributed by atoms with E-state index in [2.05, 4.69) is 60.8 Å². The molecule has 1 saturated heterocycles. The SMILES string of the molecule is c1ccc(N2CCN(Cc3nn[nH]n3)CC2)cc1. The van der Waals surface area contributed by atoms with Gasteiger partial charge in [-0.2, -0.15) is 5.21 Å². The summed E-state index contributed by atoms with van der Waals surface area (Å²) < 4.78 is 0. The van der Waals surface area contributed by atoms with Crippen molar-refractivity contribution in [1.29, 1.82) is 0 Å². The van der Waals surface area contributed by atoms with Crippen LogP contribution in [0.15, 0.2) is 30.3 Å². The molecular weight excluding hydrogens is 228 g/mol. The van der Waals surface area contributed by atoms with Gasteiger partial charge < -0.3 is 4.90 Å². The van der Waals surface area contributed by atoms with Crippen molar-refractivity contribution >= 4 is 5.69 Å². The molecular formula is C12H16N6. The summed E-state index contributed by atoms with van der Waals surface area (Å²) in [6, 6.07) is 10.5. The van der Waals surface area contributed by atoms with Crippen LogP contribution in [0.25, 0.3) is 0 Å². The van der Waals surface area contributed by atoms with Gasteiger partial charge in [-0.3, -0.25) is 4.90 Å². The Bertz CT molecular complexity index is 461. The summed E-state index contributed by atoms with van der Waals surface area (Å²) in [4.78, 5) is 4.76. The summed E-state index contributed by atoms with van der Waals surface area (Å²) in [5.74, 6) is 0.767. The van der Waals surface area contributed by atoms with E-state index in [1.807, 2.05) is 0 Å². The number of hydrogen-bond acceptors (Lipinski definition) is 5. The Hall–Kier alpha value is -1.95. The van der Waals surface area contributed by atoms with E-state index in [-0.39, 0.29) is 0 Å². The molecule has 1 aromatic carbocycles. The molecule has 1 aliphatic heterocycles. The maximum atomic E-state index is 3.99. The predicted molar refractivity (Wildman–Crippen MR) is 68.1 cm³/mol. The molecule has 1 fully saturated rings. The van der Waals surface area contributed by atoms with Gasteiger partial charge in [-0.05, 0) is 12.1 Å². The van der Waals surface area contributed by atoms with Crippen molar-refractivity contribution < 1.29 is 0 Å². The molecule has 18 heavy (non-hydrogen) atoms. The molecule has 0 amide bonds. The van der Waals surface area contributed by atoms with Crippen LogP contribution in [0.5, 0.6) is 0 Å². The molecule has 6 nitrogen and oxygen atoms in total. The Labute approximate surface area is 106 Å². The van der Waals surface area contributed by atoms with Crippen molar-refractivity contribution in [2.75, 3.05) is 31.1 Å². The Morgan fingerprint density at radius 3 is 2.50 bits per heavy atom. The fraction of sp³-hybridized carbons (Fsp3) is 0.417. The maximum Gasteiger partial charge on any atom is 0.188 e. The number of H-pyrrole nitrogens is 1. The van der Waals surface area contributed by atoms with E-state index in [9.17, 15) is 0 Å². The predicted octanol–water partition coefficient (Wildman–Crippen LogP) is 0.522. The zero-order chi connectivity index (χ0) is 12.2. The molecule has 6 heteroatoms. The molecule has 0 spiro atoms. The summed E-state index contributed by atoms with van der Waals surface area (Å²) >= 11 is 0. The number of rotatable bonds is 3. The number of nitrogens with one attached hydrogen (secondary N) is 1. The second-order valence-corrected chi connectivity index (χ2v) is 4.43. The third-order valence-electron chi connectivity index (χ3n) is 3.25. The number of nitrogens with zero attached hydrogens (tertiary/aromatic N) is 5. The fourth-order valence-corrected chi connectivity index (χ4v) is 2.25. The Balaban J connectivity index is 1.55. The minimum absolute atomic E-state index is 0.767. The largest absolute Gasteiger partial charge is 0.369 e.